The van der Waals surface area contributed by atoms with E-state index in [-0.39, 0.29) is 13.2 Å². The summed E-state index contributed by atoms with van der Waals surface area (Å²) < 4.78 is 33.9. The van der Waals surface area contributed by atoms with Gasteiger partial charge in [-0.15, -0.1) is 0 Å². The first-order valence-electron chi connectivity index (χ1n) is 7.99. The fraction of sp³-hybridized carbons (Fsp3) is 0.412. The lowest BCUT2D eigenvalue weighted by Gasteiger charge is -2.26. The molecule has 0 spiro atoms. The number of rotatable bonds is 3. The molecule has 1 fully saturated rings. The molecule has 0 radical (unpaired) electrons. The van der Waals surface area contributed by atoms with Crippen LogP contribution in [-0.4, -0.2) is 52.9 Å². The number of amides is 2. The molecule has 0 bridgehead atoms. The summed E-state index contributed by atoms with van der Waals surface area (Å²) in [5.41, 5.74) is 1.63. The maximum atomic E-state index is 13.7. The molecule has 1 aliphatic rings. The van der Waals surface area contributed by atoms with Gasteiger partial charge in [0.1, 0.15) is 6.61 Å². The van der Waals surface area contributed by atoms with Crippen molar-refractivity contribution in [1.29, 1.82) is 0 Å². The maximum Gasteiger partial charge on any atom is 0.318 e. The van der Waals surface area contributed by atoms with Crippen LogP contribution in [0.2, 0.25) is 0 Å². The molecule has 1 saturated heterocycles. The van der Waals surface area contributed by atoms with Crippen LogP contribution in [0.25, 0.3) is 0 Å². The van der Waals surface area contributed by atoms with Gasteiger partial charge in [0, 0.05) is 25.4 Å². The van der Waals surface area contributed by atoms with Crippen molar-refractivity contribution >= 4 is 6.03 Å². The average Bonchev–Trinajstić information content (AvgIpc) is 2.92. The Morgan fingerprint density at radius 1 is 1.32 bits per heavy atom. The number of ether oxygens (including phenoxy) is 1. The molecule has 1 unspecified atom stereocenters. The molecule has 2 amide bonds. The van der Waals surface area contributed by atoms with E-state index in [0.29, 0.717) is 0 Å². The van der Waals surface area contributed by atoms with E-state index in [4.69, 9.17) is 4.74 Å². The van der Waals surface area contributed by atoms with E-state index in [1.54, 1.807) is 24.1 Å². The molecule has 1 N–H and O–H groups in total. The van der Waals surface area contributed by atoms with Crippen LogP contribution in [0.5, 0.6) is 0 Å². The Morgan fingerprint density at radius 3 is 2.76 bits per heavy atom. The second-order valence-electron chi connectivity index (χ2n) is 6.07. The summed E-state index contributed by atoms with van der Waals surface area (Å²) in [5.74, 6) is -3.05. The van der Waals surface area contributed by atoms with E-state index in [2.05, 4.69) is 10.4 Å². The number of hydrogen-bond acceptors (Lipinski definition) is 3. The lowest BCUT2D eigenvalue weighted by atomic mass is 10.0. The first kappa shape index (κ1) is 17.3. The van der Waals surface area contributed by atoms with Crippen LogP contribution in [0, 0.1) is 0 Å². The molecule has 134 valence electrons. The molecule has 3 rings (SSSR count). The minimum absolute atomic E-state index is 0.0892. The zero-order chi connectivity index (χ0) is 17.9. The highest BCUT2D eigenvalue weighted by Gasteiger charge is 2.37. The first-order valence-corrected chi connectivity index (χ1v) is 7.99. The Labute approximate surface area is 144 Å². The van der Waals surface area contributed by atoms with E-state index in [9.17, 15) is 13.6 Å². The Hall–Kier alpha value is -2.48. The molecule has 1 atom stereocenters. The molecule has 2 heterocycles. The Bertz CT molecular complexity index is 720. The smallest absolute Gasteiger partial charge is 0.318 e. The molecule has 2 aromatic rings. The summed E-state index contributed by atoms with van der Waals surface area (Å²) in [5, 5.41) is 6.98. The zero-order valence-corrected chi connectivity index (χ0v) is 13.9. The average molecular weight is 350 g/mol. The van der Waals surface area contributed by atoms with E-state index in [0.717, 1.165) is 16.0 Å². The van der Waals surface area contributed by atoms with E-state index >= 15 is 0 Å². The van der Waals surface area contributed by atoms with E-state index < -0.39 is 31.1 Å². The predicted molar refractivity (Wildman–Crippen MR) is 87.4 cm³/mol. The van der Waals surface area contributed by atoms with Crippen LogP contribution >= 0.6 is 0 Å². The van der Waals surface area contributed by atoms with Crippen LogP contribution in [0.15, 0.2) is 42.7 Å². The third-order valence-corrected chi connectivity index (χ3v) is 3.99. The molecule has 1 aromatic carbocycles. The van der Waals surface area contributed by atoms with Gasteiger partial charge in [-0.2, -0.15) is 5.10 Å². The van der Waals surface area contributed by atoms with Crippen LogP contribution < -0.4 is 5.32 Å². The van der Waals surface area contributed by atoms with Gasteiger partial charge in [-0.3, -0.25) is 4.68 Å². The summed E-state index contributed by atoms with van der Waals surface area (Å²) in [7, 11) is 1.78. The lowest BCUT2D eigenvalue weighted by Crippen LogP contribution is -2.47. The van der Waals surface area contributed by atoms with Crippen molar-refractivity contribution in [3.63, 3.8) is 0 Å². The highest BCUT2D eigenvalue weighted by Crippen LogP contribution is 2.23. The quantitative estimate of drug-likeness (QED) is 0.923. The molecule has 6 nitrogen and oxygen atoms in total. The van der Waals surface area contributed by atoms with Crippen molar-refractivity contribution in [2.75, 3.05) is 26.3 Å². The van der Waals surface area contributed by atoms with Crippen molar-refractivity contribution in [3.05, 3.63) is 53.9 Å². The number of hydrogen-bond donors (Lipinski definition) is 1. The van der Waals surface area contributed by atoms with Gasteiger partial charge < -0.3 is 15.0 Å². The number of halogens is 2. The van der Waals surface area contributed by atoms with Crippen molar-refractivity contribution in [3.8, 4) is 0 Å². The minimum Gasteiger partial charge on any atom is -0.373 e. The normalized spacial score (nSPS) is 18.4. The molecule has 1 aromatic heterocycles. The SMILES string of the molecule is Cn1cc(C(NC(=O)N2CCOCC(F)(F)C2)c2ccccc2)cn1. The molecular weight excluding hydrogens is 330 g/mol. The largest absolute Gasteiger partial charge is 0.373 e. The van der Waals surface area contributed by atoms with Gasteiger partial charge in [-0.25, -0.2) is 13.6 Å². The lowest BCUT2D eigenvalue weighted by molar-refractivity contribution is -0.0652. The van der Waals surface area contributed by atoms with Gasteiger partial charge in [0.05, 0.1) is 25.4 Å². The van der Waals surface area contributed by atoms with E-state index in [1.807, 2.05) is 30.3 Å². The number of aromatic nitrogens is 2. The van der Waals surface area contributed by atoms with E-state index in [1.165, 1.54) is 0 Å². The molecule has 1 aliphatic heterocycles. The van der Waals surface area contributed by atoms with Crippen LogP contribution in [0.1, 0.15) is 17.2 Å². The number of urea groups is 1. The number of carbonyl (C=O) groups excluding carboxylic acids is 1. The third-order valence-electron chi connectivity index (χ3n) is 3.99. The van der Waals surface area contributed by atoms with Crippen molar-refractivity contribution in [2.45, 2.75) is 12.0 Å². The van der Waals surface area contributed by atoms with Gasteiger partial charge in [0.25, 0.3) is 5.92 Å². The van der Waals surface area contributed by atoms with Gasteiger partial charge in [0.15, 0.2) is 0 Å². The summed E-state index contributed by atoms with van der Waals surface area (Å²) in [6.45, 7) is -1.11. The number of carbonyl (C=O) groups is 1. The highest BCUT2D eigenvalue weighted by molar-refractivity contribution is 5.75. The molecule has 8 heteroatoms. The van der Waals surface area contributed by atoms with Crippen LogP contribution in [0.4, 0.5) is 13.6 Å². The second kappa shape index (κ2) is 7.18. The van der Waals surface area contributed by atoms with Crippen LogP contribution in [-0.2, 0) is 11.8 Å². The fourth-order valence-corrected chi connectivity index (χ4v) is 2.78. The third kappa shape index (κ3) is 4.33. The Balaban J connectivity index is 1.81. The molecule has 0 aliphatic carbocycles. The number of nitrogens with zero attached hydrogens (tertiary/aromatic N) is 3. The zero-order valence-electron chi connectivity index (χ0n) is 13.9. The summed E-state index contributed by atoms with van der Waals surface area (Å²) in [6.07, 6.45) is 3.44. The highest BCUT2D eigenvalue weighted by atomic mass is 19.3. The predicted octanol–water partition coefficient (Wildman–Crippen LogP) is 2.19. The standard InChI is InChI=1S/C17H20F2N4O2/c1-22-10-14(9-20-22)15(13-5-3-2-4-6-13)21-16(24)23-7-8-25-12-17(18,19)11-23/h2-6,9-10,15H,7-8,11-12H2,1H3,(H,21,24). The Kier molecular flexibility index (Phi) is 4.98. The van der Waals surface area contributed by atoms with Gasteiger partial charge in [-0.1, -0.05) is 30.3 Å². The van der Waals surface area contributed by atoms with Crippen molar-refractivity contribution < 1.29 is 18.3 Å². The number of alkyl halides is 2. The number of nitrogens with one attached hydrogen (secondary N) is 1. The Morgan fingerprint density at radius 2 is 2.08 bits per heavy atom. The summed E-state index contributed by atoms with van der Waals surface area (Å²) in [6, 6.07) is 8.31. The van der Waals surface area contributed by atoms with Crippen molar-refractivity contribution in [1.82, 2.24) is 20.0 Å². The molecule has 25 heavy (non-hydrogen) atoms. The fourth-order valence-electron chi connectivity index (χ4n) is 2.78. The van der Waals surface area contributed by atoms with Crippen LogP contribution in [0.3, 0.4) is 0 Å². The monoisotopic (exact) mass is 350 g/mol. The molecule has 0 saturated carbocycles. The number of aryl methyl sites for hydroxylation is 1. The van der Waals surface area contributed by atoms with Gasteiger partial charge >= 0.3 is 6.03 Å². The minimum atomic E-state index is -3.05. The summed E-state index contributed by atoms with van der Waals surface area (Å²) >= 11 is 0. The maximum absolute atomic E-state index is 13.7. The molecular formula is C17H20F2N4O2. The second-order valence-corrected chi connectivity index (χ2v) is 6.07. The number of benzene rings is 1. The van der Waals surface area contributed by atoms with Gasteiger partial charge in [0.2, 0.25) is 0 Å². The first-order chi connectivity index (χ1) is 11.9. The summed E-state index contributed by atoms with van der Waals surface area (Å²) in [4.78, 5) is 13.7. The topological polar surface area (TPSA) is 59.4 Å². The van der Waals surface area contributed by atoms with Gasteiger partial charge in [-0.05, 0) is 5.56 Å². The van der Waals surface area contributed by atoms with Crippen molar-refractivity contribution in [2.24, 2.45) is 7.05 Å².